The van der Waals surface area contributed by atoms with E-state index in [1.54, 1.807) is 31.1 Å². The number of rotatable bonds is 7. The van der Waals surface area contributed by atoms with Gasteiger partial charge in [-0.15, -0.1) is 0 Å². The third-order valence-corrected chi connectivity index (χ3v) is 7.24. The van der Waals surface area contributed by atoms with Crippen LogP contribution in [0, 0.1) is 0 Å². The van der Waals surface area contributed by atoms with Crippen LogP contribution >= 0.6 is 0 Å². The minimum absolute atomic E-state index is 0.184. The van der Waals surface area contributed by atoms with E-state index in [9.17, 15) is 14.3 Å². The van der Waals surface area contributed by atoms with Gasteiger partial charge in [0.25, 0.3) is 0 Å². The maximum absolute atomic E-state index is 13.3. The van der Waals surface area contributed by atoms with Crippen molar-refractivity contribution < 1.29 is 19.0 Å². The minimum atomic E-state index is -0.993. The van der Waals surface area contributed by atoms with Crippen molar-refractivity contribution in [3.05, 3.63) is 78.1 Å². The number of ether oxygens (including phenoxy) is 1. The van der Waals surface area contributed by atoms with E-state index in [2.05, 4.69) is 9.97 Å². The molecule has 194 valence electrons. The van der Waals surface area contributed by atoms with Gasteiger partial charge in [-0.25, -0.2) is 19.2 Å². The summed E-state index contributed by atoms with van der Waals surface area (Å²) >= 11 is 0. The number of benzene rings is 2. The van der Waals surface area contributed by atoms with Gasteiger partial charge < -0.3 is 19.6 Å². The number of anilines is 1. The van der Waals surface area contributed by atoms with E-state index in [-0.39, 0.29) is 12.1 Å². The standard InChI is InChI=1S/C29H33FN4O3/c1-20(21-9-11-22(12-10-21)23-15-31-26(32-16-23)33-17-25(30)18-33)34-14-13-29(37-27(34)35,19-28(2,3)36)24-7-5-4-6-8-24/h4-12,15-16,20,25,36H,13-14,17-19H2,1-3H3. The van der Waals surface area contributed by atoms with Gasteiger partial charge in [-0.1, -0.05) is 54.6 Å². The lowest BCUT2D eigenvalue weighted by Crippen LogP contribution is -2.51. The molecule has 3 aromatic rings. The van der Waals surface area contributed by atoms with Gasteiger partial charge in [-0.05, 0) is 37.5 Å². The summed E-state index contributed by atoms with van der Waals surface area (Å²) in [5, 5.41) is 10.6. The lowest BCUT2D eigenvalue weighted by atomic mass is 9.80. The highest BCUT2D eigenvalue weighted by Crippen LogP contribution is 2.42. The van der Waals surface area contributed by atoms with Gasteiger partial charge in [-0.3, -0.25) is 0 Å². The van der Waals surface area contributed by atoms with Gasteiger partial charge in [0.1, 0.15) is 11.8 Å². The topological polar surface area (TPSA) is 78.8 Å². The molecule has 7 nitrogen and oxygen atoms in total. The average Bonchev–Trinajstić information content (AvgIpc) is 2.86. The van der Waals surface area contributed by atoms with Crippen molar-refractivity contribution in [2.75, 3.05) is 24.5 Å². The number of cyclic esters (lactones) is 1. The molecule has 2 aliphatic heterocycles. The summed E-state index contributed by atoms with van der Waals surface area (Å²) in [5.41, 5.74) is 1.86. The molecule has 2 fully saturated rings. The van der Waals surface area contributed by atoms with E-state index in [1.807, 2.05) is 66.4 Å². The van der Waals surface area contributed by atoms with Crippen LogP contribution in [-0.2, 0) is 10.3 Å². The minimum Gasteiger partial charge on any atom is -0.438 e. The highest BCUT2D eigenvalue weighted by molar-refractivity contribution is 5.70. The normalized spacial score (nSPS) is 21.4. The van der Waals surface area contributed by atoms with Crippen LogP contribution in [0.3, 0.4) is 0 Å². The molecule has 3 heterocycles. The molecule has 2 aliphatic rings. The number of hydrogen-bond donors (Lipinski definition) is 1. The molecule has 0 radical (unpaired) electrons. The van der Waals surface area contributed by atoms with Crippen LogP contribution in [0.15, 0.2) is 67.0 Å². The van der Waals surface area contributed by atoms with Crippen molar-refractivity contribution in [2.45, 2.75) is 57.0 Å². The van der Waals surface area contributed by atoms with Crippen LogP contribution in [0.25, 0.3) is 11.1 Å². The Morgan fingerprint density at radius 3 is 2.30 bits per heavy atom. The first-order chi connectivity index (χ1) is 17.6. The van der Waals surface area contributed by atoms with Gasteiger partial charge >= 0.3 is 6.09 Å². The third-order valence-electron chi connectivity index (χ3n) is 7.24. The van der Waals surface area contributed by atoms with Crippen molar-refractivity contribution in [2.24, 2.45) is 0 Å². The van der Waals surface area contributed by atoms with Crippen LogP contribution in [-0.4, -0.2) is 57.5 Å². The molecule has 1 N–H and O–H groups in total. The summed E-state index contributed by atoms with van der Waals surface area (Å²) in [7, 11) is 0. The maximum Gasteiger partial charge on any atom is 0.411 e. The molecule has 0 saturated carbocycles. The number of hydrogen-bond acceptors (Lipinski definition) is 6. The number of alkyl halides is 1. The summed E-state index contributed by atoms with van der Waals surface area (Å²) in [6, 6.07) is 17.5. The molecule has 2 aromatic carbocycles. The molecule has 8 heteroatoms. The van der Waals surface area contributed by atoms with Crippen LogP contribution in [0.5, 0.6) is 0 Å². The summed E-state index contributed by atoms with van der Waals surface area (Å²) in [6.07, 6.45) is 3.21. The van der Waals surface area contributed by atoms with Crippen molar-refractivity contribution in [3.63, 3.8) is 0 Å². The molecule has 0 aliphatic carbocycles. The summed E-state index contributed by atoms with van der Waals surface area (Å²) < 4.78 is 19.2. The summed E-state index contributed by atoms with van der Waals surface area (Å²) in [6.45, 7) is 6.67. The number of carbonyl (C=O) groups excluding carboxylic acids is 1. The van der Waals surface area contributed by atoms with Crippen LogP contribution in [0.1, 0.15) is 50.8 Å². The first-order valence-corrected chi connectivity index (χ1v) is 12.7. The van der Waals surface area contributed by atoms with Crippen LogP contribution in [0.4, 0.5) is 15.1 Å². The lowest BCUT2D eigenvalue weighted by Gasteiger charge is -2.45. The zero-order valence-electron chi connectivity index (χ0n) is 21.5. The second-order valence-corrected chi connectivity index (χ2v) is 10.7. The quantitative estimate of drug-likeness (QED) is 0.473. The second kappa shape index (κ2) is 9.74. The number of aromatic nitrogens is 2. The first kappa shape index (κ1) is 25.1. The van der Waals surface area contributed by atoms with Gasteiger partial charge in [0.05, 0.1) is 24.7 Å². The fraction of sp³-hybridized carbons (Fsp3) is 0.414. The largest absolute Gasteiger partial charge is 0.438 e. The maximum atomic E-state index is 13.3. The molecule has 2 unspecified atom stereocenters. The van der Waals surface area contributed by atoms with Crippen molar-refractivity contribution in [1.29, 1.82) is 0 Å². The Morgan fingerprint density at radius 2 is 1.73 bits per heavy atom. The zero-order valence-corrected chi connectivity index (χ0v) is 21.5. The van der Waals surface area contributed by atoms with Gasteiger partial charge in [-0.2, -0.15) is 0 Å². The molecule has 1 amide bonds. The fourth-order valence-corrected chi connectivity index (χ4v) is 5.25. The van der Waals surface area contributed by atoms with E-state index in [1.165, 1.54) is 0 Å². The molecule has 37 heavy (non-hydrogen) atoms. The zero-order chi connectivity index (χ0) is 26.2. The van der Waals surface area contributed by atoms with E-state index < -0.39 is 17.4 Å². The Kier molecular flexibility index (Phi) is 6.62. The van der Waals surface area contributed by atoms with E-state index in [0.717, 1.165) is 22.3 Å². The highest BCUT2D eigenvalue weighted by atomic mass is 19.1. The number of amides is 1. The lowest BCUT2D eigenvalue weighted by molar-refractivity contribution is -0.101. The van der Waals surface area contributed by atoms with Crippen molar-refractivity contribution in [1.82, 2.24) is 14.9 Å². The molecule has 1 aromatic heterocycles. The highest BCUT2D eigenvalue weighted by Gasteiger charge is 2.46. The molecule has 5 rings (SSSR count). The third kappa shape index (κ3) is 5.30. The molecule has 0 bridgehead atoms. The van der Waals surface area contributed by atoms with Crippen molar-refractivity contribution >= 4 is 12.0 Å². The van der Waals surface area contributed by atoms with Crippen LogP contribution < -0.4 is 4.90 Å². The summed E-state index contributed by atoms with van der Waals surface area (Å²) in [5.74, 6) is 0.544. The predicted molar refractivity (Wildman–Crippen MR) is 140 cm³/mol. The Hall–Kier alpha value is -3.52. The number of carbonyl (C=O) groups is 1. The Balaban J connectivity index is 1.28. The monoisotopic (exact) mass is 504 g/mol. The van der Waals surface area contributed by atoms with Crippen LogP contribution in [0.2, 0.25) is 0 Å². The van der Waals surface area contributed by atoms with Gasteiger partial charge in [0.2, 0.25) is 5.95 Å². The van der Waals surface area contributed by atoms with E-state index >= 15 is 0 Å². The molecule has 2 atom stereocenters. The molecular weight excluding hydrogens is 471 g/mol. The SMILES string of the molecule is CC(c1ccc(-c2cnc(N3CC(F)C3)nc2)cc1)N1CCC(CC(C)(C)O)(c2ccccc2)OC1=O. The van der Waals surface area contributed by atoms with E-state index in [0.29, 0.717) is 38.4 Å². The smallest absolute Gasteiger partial charge is 0.411 e. The molecule has 2 saturated heterocycles. The average molecular weight is 505 g/mol. The van der Waals surface area contributed by atoms with E-state index in [4.69, 9.17) is 4.74 Å². The van der Waals surface area contributed by atoms with Gasteiger partial charge in [0.15, 0.2) is 0 Å². The summed E-state index contributed by atoms with van der Waals surface area (Å²) in [4.78, 5) is 25.6. The fourth-order valence-electron chi connectivity index (χ4n) is 5.25. The predicted octanol–water partition coefficient (Wildman–Crippen LogP) is 5.26. The Bertz CT molecular complexity index is 1220. The van der Waals surface area contributed by atoms with Gasteiger partial charge in [0, 0.05) is 37.3 Å². The second-order valence-electron chi connectivity index (χ2n) is 10.7. The Labute approximate surface area is 216 Å². The number of halogens is 1. The first-order valence-electron chi connectivity index (χ1n) is 12.7. The number of nitrogens with zero attached hydrogens (tertiary/aromatic N) is 4. The Morgan fingerprint density at radius 1 is 1.08 bits per heavy atom. The number of aliphatic hydroxyl groups is 1. The van der Waals surface area contributed by atoms with Crippen molar-refractivity contribution in [3.8, 4) is 11.1 Å². The molecule has 0 spiro atoms. The molecular formula is C29H33FN4O3.